The molecule has 2 aromatic carbocycles. The fraction of sp³-hybridized carbons (Fsp3) is 0.238. The van der Waals surface area contributed by atoms with Crippen molar-refractivity contribution in [2.24, 2.45) is 0 Å². The van der Waals surface area contributed by atoms with Gasteiger partial charge in [-0.3, -0.25) is 0 Å². The van der Waals surface area contributed by atoms with Gasteiger partial charge in [-0.15, -0.1) is 0 Å². The Hall–Kier alpha value is -3.48. The van der Waals surface area contributed by atoms with Crippen molar-refractivity contribution in [3.63, 3.8) is 0 Å². The second kappa shape index (κ2) is 8.47. The first-order valence-electron chi connectivity index (χ1n) is 8.65. The Morgan fingerprint density at radius 3 is 2.39 bits per heavy atom. The first-order valence-corrected chi connectivity index (χ1v) is 8.65. The molecule has 0 aliphatic rings. The molecule has 0 radical (unpaired) electrons. The van der Waals surface area contributed by atoms with Crippen molar-refractivity contribution < 1.29 is 33.0 Å². The summed E-state index contributed by atoms with van der Waals surface area (Å²) in [6.45, 7) is 1.77. The second-order valence-electron chi connectivity index (χ2n) is 5.77. The van der Waals surface area contributed by atoms with Crippen LogP contribution in [0.1, 0.15) is 33.4 Å². The van der Waals surface area contributed by atoms with Gasteiger partial charge >= 0.3 is 11.9 Å². The zero-order valence-corrected chi connectivity index (χ0v) is 15.8. The molecular weight excluding hydrogens is 364 g/mol. The number of hydrogen-bond donors (Lipinski definition) is 0. The molecule has 0 bridgehead atoms. The molecule has 7 nitrogen and oxygen atoms in total. The van der Waals surface area contributed by atoms with Gasteiger partial charge < -0.3 is 23.4 Å². The van der Waals surface area contributed by atoms with Crippen molar-refractivity contribution in [1.29, 1.82) is 0 Å². The standard InChI is InChI=1S/C21H20O7/c1-4-26-21(23)19-15(14-7-5-6-8-16(14)28-19)12-27-20(22)13-9-10-17(24-2)18(11-13)25-3/h5-11H,4,12H2,1-3H3. The summed E-state index contributed by atoms with van der Waals surface area (Å²) in [6, 6.07) is 11.8. The van der Waals surface area contributed by atoms with Crippen LogP contribution in [0.25, 0.3) is 11.0 Å². The molecule has 1 heterocycles. The van der Waals surface area contributed by atoms with Gasteiger partial charge in [0.05, 0.1) is 32.0 Å². The quantitative estimate of drug-likeness (QED) is 0.570. The van der Waals surface area contributed by atoms with Crippen LogP contribution in [0.5, 0.6) is 11.5 Å². The van der Waals surface area contributed by atoms with Crippen molar-refractivity contribution in [2.75, 3.05) is 20.8 Å². The van der Waals surface area contributed by atoms with E-state index < -0.39 is 11.9 Å². The van der Waals surface area contributed by atoms with Crippen molar-refractivity contribution in [3.05, 3.63) is 59.4 Å². The van der Waals surface area contributed by atoms with E-state index in [0.717, 1.165) is 0 Å². The van der Waals surface area contributed by atoms with E-state index >= 15 is 0 Å². The van der Waals surface area contributed by atoms with Crippen LogP contribution in [0.4, 0.5) is 0 Å². The predicted molar refractivity (Wildman–Crippen MR) is 101 cm³/mol. The van der Waals surface area contributed by atoms with Gasteiger partial charge in [0.2, 0.25) is 5.76 Å². The van der Waals surface area contributed by atoms with E-state index in [2.05, 4.69) is 0 Å². The lowest BCUT2D eigenvalue weighted by Gasteiger charge is -2.10. The molecule has 0 saturated heterocycles. The summed E-state index contributed by atoms with van der Waals surface area (Å²) in [5, 5.41) is 0.686. The lowest BCUT2D eigenvalue weighted by Crippen LogP contribution is -2.10. The van der Waals surface area contributed by atoms with Crippen LogP contribution in [0, 0.1) is 0 Å². The molecule has 3 rings (SSSR count). The summed E-state index contributed by atoms with van der Waals surface area (Å²) in [7, 11) is 2.99. The van der Waals surface area contributed by atoms with Gasteiger partial charge in [0.1, 0.15) is 12.2 Å². The molecule has 1 aromatic heterocycles. The van der Waals surface area contributed by atoms with Gasteiger partial charge in [0.25, 0.3) is 0 Å². The maximum atomic E-state index is 12.5. The Morgan fingerprint density at radius 1 is 0.929 bits per heavy atom. The Kier molecular flexibility index (Phi) is 5.84. The molecule has 28 heavy (non-hydrogen) atoms. The highest BCUT2D eigenvalue weighted by atomic mass is 16.5. The van der Waals surface area contributed by atoms with Crippen LogP contribution in [0.2, 0.25) is 0 Å². The van der Waals surface area contributed by atoms with Gasteiger partial charge in [-0.25, -0.2) is 9.59 Å². The summed E-state index contributed by atoms with van der Waals surface area (Å²) in [6.07, 6.45) is 0. The summed E-state index contributed by atoms with van der Waals surface area (Å²) in [5.41, 5.74) is 1.27. The Bertz CT molecular complexity index is 1000. The summed E-state index contributed by atoms with van der Waals surface area (Å²) >= 11 is 0. The Labute approximate surface area is 161 Å². The zero-order valence-electron chi connectivity index (χ0n) is 15.8. The number of para-hydroxylation sites is 1. The zero-order chi connectivity index (χ0) is 20.1. The van der Waals surface area contributed by atoms with Crippen LogP contribution in [0.3, 0.4) is 0 Å². The number of furan rings is 1. The van der Waals surface area contributed by atoms with E-state index in [9.17, 15) is 9.59 Å². The van der Waals surface area contributed by atoms with Crippen molar-refractivity contribution in [3.8, 4) is 11.5 Å². The van der Waals surface area contributed by atoms with Crippen LogP contribution in [0.15, 0.2) is 46.9 Å². The van der Waals surface area contributed by atoms with Crippen molar-refractivity contribution in [2.45, 2.75) is 13.5 Å². The second-order valence-corrected chi connectivity index (χ2v) is 5.77. The third kappa shape index (κ3) is 3.78. The number of carbonyl (C=O) groups excluding carboxylic acids is 2. The van der Waals surface area contributed by atoms with Crippen molar-refractivity contribution in [1.82, 2.24) is 0 Å². The average Bonchev–Trinajstić information content (AvgIpc) is 3.10. The molecule has 0 aliphatic carbocycles. The molecule has 0 spiro atoms. The number of methoxy groups -OCH3 is 2. The smallest absolute Gasteiger partial charge is 0.374 e. The van der Waals surface area contributed by atoms with E-state index in [4.69, 9.17) is 23.4 Å². The minimum Gasteiger partial charge on any atom is -0.493 e. The topological polar surface area (TPSA) is 84.2 Å². The minimum absolute atomic E-state index is 0.0307. The first kappa shape index (κ1) is 19.3. The molecule has 7 heteroatoms. The predicted octanol–water partition coefficient (Wildman–Crippen LogP) is 3.98. The third-order valence-corrected chi connectivity index (χ3v) is 4.13. The van der Waals surface area contributed by atoms with E-state index in [0.29, 0.717) is 33.6 Å². The molecule has 0 amide bonds. The highest BCUT2D eigenvalue weighted by molar-refractivity contribution is 5.96. The number of rotatable bonds is 7. The number of fused-ring (bicyclic) bond motifs is 1. The molecule has 0 aliphatic heterocycles. The van der Waals surface area contributed by atoms with Crippen LogP contribution < -0.4 is 9.47 Å². The molecule has 0 unspecified atom stereocenters. The van der Waals surface area contributed by atoms with Crippen LogP contribution >= 0.6 is 0 Å². The average molecular weight is 384 g/mol. The molecule has 0 fully saturated rings. The number of hydrogen-bond acceptors (Lipinski definition) is 7. The van der Waals surface area contributed by atoms with Gasteiger partial charge in [-0.2, -0.15) is 0 Å². The Balaban J connectivity index is 1.86. The maximum Gasteiger partial charge on any atom is 0.374 e. The lowest BCUT2D eigenvalue weighted by molar-refractivity contribution is 0.0435. The van der Waals surface area contributed by atoms with Gasteiger partial charge in [0.15, 0.2) is 11.5 Å². The Morgan fingerprint density at radius 2 is 1.68 bits per heavy atom. The normalized spacial score (nSPS) is 10.5. The number of benzene rings is 2. The summed E-state index contributed by atoms with van der Waals surface area (Å²) < 4.78 is 26.4. The van der Waals surface area contributed by atoms with Gasteiger partial charge in [0, 0.05) is 5.39 Å². The van der Waals surface area contributed by atoms with E-state index in [-0.39, 0.29) is 19.0 Å². The van der Waals surface area contributed by atoms with Crippen molar-refractivity contribution >= 4 is 22.9 Å². The highest BCUT2D eigenvalue weighted by Gasteiger charge is 2.23. The lowest BCUT2D eigenvalue weighted by atomic mass is 10.1. The highest BCUT2D eigenvalue weighted by Crippen LogP contribution is 2.29. The van der Waals surface area contributed by atoms with Crippen LogP contribution in [-0.4, -0.2) is 32.8 Å². The number of ether oxygens (including phenoxy) is 4. The maximum absolute atomic E-state index is 12.5. The number of esters is 2. The minimum atomic E-state index is -0.601. The molecule has 0 atom stereocenters. The molecular formula is C21H20O7. The van der Waals surface area contributed by atoms with E-state index in [1.807, 2.05) is 6.07 Å². The largest absolute Gasteiger partial charge is 0.493 e. The van der Waals surface area contributed by atoms with Gasteiger partial charge in [-0.05, 0) is 31.2 Å². The molecule has 3 aromatic rings. The molecule has 0 N–H and O–H groups in total. The SMILES string of the molecule is CCOC(=O)c1oc2ccccc2c1COC(=O)c1ccc(OC)c(OC)c1. The number of carbonyl (C=O) groups is 2. The fourth-order valence-electron chi connectivity index (χ4n) is 2.79. The summed E-state index contributed by atoms with van der Waals surface area (Å²) in [4.78, 5) is 24.7. The van der Waals surface area contributed by atoms with Crippen LogP contribution in [-0.2, 0) is 16.1 Å². The van der Waals surface area contributed by atoms with Gasteiger partial charge in [-0.1, -0.05) is 18.2 Å². The first-order chi connectivity index (χ1) is 13.6. The summed E-state index contributed by atoms with van der Waals surface area (Å²) in [5.74, 6) is -0.220. The monoisotopic (exact) mass is 384 g/mol. The van der Waals surface area contributed by atoms with E-state index in [1.54, 1.807) is 37.3 Å². The van der Waals surface area contributed by atoms with E-state index in [1.165, 1.54) is 20.3 Å². The third-order valence-electron chi connectivity index (χ3n) is 4.13. The molecule has 0 saturated carbocycles. The fourth-order valence-corrected chi connectivity index (χ4v) is 2.79. The molecule has 146 valence electrons.